The first-order valence-corrected chi connectivity index (χ1v) is 7.94. The molecule has 1 aromatic carbocycles. The van der Waals surface area contributed by atoms with Gasteiger partial charge in [0, 0.05) is 24.2 Å². The Labute approximate surface area is 132 Å². The lowest BCUT2D eigenvalue weighted by Gasteiger charge is -2.32. The molecule has 22 heavy (non-hydrogen) atoms. The minimum absolute atomic E-state index is 0.0518. The topological polar surface area (TPSA) is 49.4 Å². The number of benzene rings is 1. The highest BCUT2D eigenvalue weighted by Gasteiger charge is 2.39. The summed E-state index contributed by atoms with van der Waals surface area (Å²) in [6.07, 6.45) is 1.17. The van der Waals surface area contributed by atoms with Crippen molar-refractivity contribution in [2.75, 3.05) is 11.9 Å². The van der Waals surface area contributed by atoms with E-state index in [1.165, 1.54) is 0 Å². The third kappa shape index (κ3) is 3.32. The molecule has 2 amide bonds. The molecule has 1 aliphatic rings. The van der Waals surface area contributed by atoms with Gasteiger partial charge in [0.05, 0.1) is 5.92 Å². The smallest absolute Gasteiger partial charge is 0.229 e. The van der Waals surface area contributed by atoms with Crippen LogP contribution in [0.1, 0.15) is 45.2 Å². The van der Waals surface area contributed by atoms with Crippen LogP contribution >= 0.6 is 0 Å². The van der Waals surface area contributed by atoms with Crippen molar-refractivity contribution in [2.24, 2.45) is 5.92 Å². The second kappa shape index (κ2) is 6.11. The van der Waals surface area contributed by atoms with Crippen LogP contribution < -0.4 is 5.32 Å². The fraction of sp³-hybridized carbons (Fsp3) is 0.556. The molecule has 4 nitrogen and oxygen atoms in total. The maximum atomic E-state index is 12.6. The van der Waals surface area contributed by atoms with Crippen molar-refractivity contribution in [3.05, 3.63) is 29.3 Å². The van der Waals surface area contributed by atoms with E-state index in [2.05, 4.69) is 12.2 Å². The van der Waals surface area contributed by atoms with Gasteiger partial charge in [0.2, 0.25) is 11.8 Å². The molecule has 1 unspecified atom stereocenters. The number of hydrogen-bond acceptors (Lipinski definition) is 2. The van der Waals surface area contributed by atoms with E-state index in [4.69, 9.17) is 0 Å². The molecular weight excluding hydrogens is 276 g/mol. The molecule has 1 atom stereocenters. The lowest BCUT2D eigenvalue weighted by atomic mass is 10.0. The number of aryl methyl sites for hydroxylation is 2. The molecule has 1 saturated heterocycles. The Morgan fingerprint density at radius 1 is 1.36 bits per heavy atom. The number of para-hydroxylation sites is 1. The number of anilines is 1. The molecule has 0 radical (unpaired) electrons. The van der Waals surface area contributed by atoms with E-state index >= 15 is 0 Å². The van der Waals surface area contributed by atoms with Crippen molar-refractivity contribution >= 4 is 17.5 Å². The third-order valence-corrected chi connectivity index (χ3v) is 4.29. The maximum absolute atomic E-state index is 12.6. The van der Waals surface area contributed by atoms with Gasteiger partial charge in [-0.05, 0) is 45.2 Å². The molecular formula is C18H26N2O2. The third-order valence-electron chi connectivity index (χ3n) is 4.29. The molecule has 0 aliphatic carbocycles. The summed E-state index contributed by atoms with van der Waals surface area (Å²) in [5.41, 5.74) is 2.86. The Morgan fingerprint density at radius 3 is 2.59 bits per heavy atom. The number of rotatable bonds is 3. The normalized spacial score (nSPS) is 18.7. The van der Waals surface area contributed by atoms with Gasteiger partial charge in [-0.1, -0.05) is 25.1 Å². The Bertz CT molecular complexity index is 587. The summed E-state index contributed by atoms with van der Waals surface area (Å²) in [4.78, 5) is 26.5. The maximum Gasteiger partial charge on any atom is 0.229 e. The van der Waals surface area contributed by atoms with E-state index in [1.54, 1.807) is 4.90 Å². The van der Waals surface area contributed by atoms with Gasteiger partial charge >= 0.3 is 0 Å². The summed E-state index contributed by atoms with van der Waals surface area (Å²) in [5.74, 6) is -0.256. The summed E-state index contributed by atoms with van der Waals surface area (Å²) >= 11 is 0. The predicted octanol–water partition coefficient (Wildman–Crippen LogP) is 3.14. The fourth-order valence-electron chi connectivity index (χ4n) is 2.96. The van der Waals surface area contributed by atoms with Crippen molar-refractivity contribution in [2.45, 2.75) is 53.0 Å². The van der Waals surface area contributed by atoms with E-state index < -0.39 is 0 Å². The van der Waals surface area contributed by atoms with Gasteiger partial charge in [0.25, 0.3) is 0 Å². The number of nitrogens with zero attached hydrogens (tertiary/aromatic N) is 1. The zero-order valence-electron chi connectivity index (χ0n) is 14.2. The second-order valence-electron chi connectivity index (χ2n) is 7.03. The largest absolute Gasteiger partial charge is 0.337 e. The fourth-order valence-corrected chi connectivity index (χ4v) is 2.96. The minimum atomic E-state index is -0.268. The van der Waals surface area contributed by atoms with Crippen LogP contribution in [0.5, 0.6) is 0 Å². The van der Waals surface area contributed by atoms with Crippen molar-refractivity contribution in [3.63, 3.8) is 0 Å². The molecule has 1 aliphatic heterocycles. The molecule has 0 bridgehead atoms. The van der Waals surface area contributed by atoms with Crippen molar-refractivity contribution in [1.82, 2.24) is 4.90 Å². The molecule has 1 aromatic rings. The second-order valence-corrected chi connectivity index (χ2v) is 7.03. The van der Waals surface area contributed by atoms with Gasteiger partial charge in [-0.25, -0.2) is 0 Å². The summed E-state index contributed by atoms with van der Waals surface area (Å²) in [6.45, 7) is 10.6. The summed E-state index contributed by atoms with van der Waals surface area (Å²) in [7, 11) is 0. The van der Waals surface area contributed by atoms with Gasteiger partial charge in [0.1, 0.15) is 0 Å². The Hall–Kier alpha value is -1.84. The monoisotopic (exact) mass is 302 g/mol. The predicted molar refractivity (Wildman–Crippen MR) is 88.8 cm³/mol. The summed E-state index contributed by atoms with van der Waals surface area (Å²) < 4.78 is 0. The Morgan fingerprint density at radius 2 is 2.05 bits per heavy atom. The van der Waals surface area contributed by atoms with E-state index in [9.17, 15) is 9.59 Å². The molecule has 1 heterocycles. The van der Waals surface area contributed by atoms with Crippen molar-refractivity contribution < 1.29 is 9.59 Å². The van der Waals surface area contributed by atoms with Gasteiger partial charge in [-0.2, -0.15) is 0 Å². The highest BCUT2D eigenvalue weighted by molar-refractivity contribution is 5.98. The van der Waals surface area contributed by atoms with Crippen LogP contribution in [0.2, 0.25) is 0 Å². The van der Waals surface area contributed by atoms with Gasteiger partial charge in [0.15, 0.2) is 0 Å². The summed E-state index contributed by atoms with van der Waals surface area (Å²) in [6, 6.07) is 6.03. The zero-order chi connectivity index (χ0) is 16.5. The number of amides is 2. The first-order valence-electron chi connectivity index (χ1n) is 7.94. The highest BCUT2D eigenvalue weighted by atomic mass is 16.2. The molecule has 0 saturated carbocycles. The number of carbonyl (C=O) groups is 2. The van der Waals surface area contributed by atoms with Crippen LogP contribution in [0.15, 0.2) is 18.2 Å². The van der Waals surface area contributed by atoms with Gasteiger partial charge in [-0.3, -0.25) is 9.59 Å². The Kier molecular flexibility index (Phi) is 4.59. The SMILES string of the molecule is CCc1cccc(C)c1NC(=O)C1CC(=O)N(C(C)(C)C)C1. The van der Waals surface area contributed by atoms with E-state index in [0.717, 1.165) is 23.2 Å². The molecule has 1 N–H and O–H groups in total. The molecule has 2 rings (SSSR count). The number of hydrogen-bond donors (Lipinski definition) is 1. The standard InChI is InChI=1S/C18H26N2O2/c1-6-13-9-7-8-12(2)16(13)19-17(22)14-10-15(21)20(11-14)18(3,4)5/h7-9,14H,6,10-11H2,1-5H3,(H,19,22). The Balaban J connectivity index is 2.13. The van der Waals surface area contributed by atoms with Crippen molar-refractivity contribution in [1.29, 1.82) is 0 Å². The molecule has 1 fully saturated rings. The van der Waals surface area contributed by atoms with E-state index in [1.807, 2.05) is 45.9 Å². The quantitative estimate of drug-likeness (QED) is 0.932. The van der Waals surface area contributed by atoms with Gasteiger partial charge in [-0.15, -0.1) is 0 Å². The van der Waals surface area contributed by atoms with Crippen LogP contribution in [-0.4, -0.2) is 28.8 Å². The van der Waals surface area contributed by atoms with Crippen molar-refractivity contribution in [3.8, 4) is 0 Å². The number of nitrogens with one attached hydrogen (secondary N) is 1. The van der Waals surface area contributed by atoms with E-state index in [-0.39, 0.29) is 23.3 Å². The zero-order valence-corrected chi connectivity index (χ0v) is 14.2. The lowest BCUT2D eigenvalue weighted by Crippen LogP contribution is -2.42. The van der Waals surface area contributed by atoms with E-state index in [0.29, 0.717) is 13.0 Å². The molecule has 4 heteroatoms. The average molecular weight is 302 g/mol. The molecule has 0 aromatic heterocycles. The number of likely N-dealkylation sites (tertiary alicyclic amines) is 1. The minimum Gasteiger partial charge on any atom is -0.337 e. The lowest BCUT2D eigenvalue weighted by molar-refractivity contribution is -0.131. The van der Waals surface area contributed by atoms with Crippen LogP contribution in [0.3, 0.4) is 0 Å². The molecule has 0 spiro atoms. The van der Waals surface area contributed by atoms with Crippen LogP contribution in [0.25, 0.3) is 0 Å². The first kappa shape index (κ1) is 16.5. The van der Waals surface area contributed by atoms with Crippen LogP contribution in [-0.2, 0) is 16.0 Å². The van der Waals surface area contributed by atoms with Crippen LogP contribution in [0, 0.1) is 12.8 Å². The average Bonchev–Trinajstić information content (AvgIpc) is 2.83. The first-order chi connectivity index (χ1) is 10.2. The number of carbonyl (C=O) groups excluding carboxylic acids is 2. The molecule has 120 valence electrons. The van der Waals surface area contributed by atoms with Crippen LogP contribution in [0.4, 0.5) is 5.69 Å². The van der Waals surface area contributed by atoms with Gasteiger partial charge < -0.3 is 10.2 Å². The highest BCUT2D eigenvalue weighted by Crippen LogP contribution is 2.28. The summed E-state index contributed by atoms with van der Waals surface area (Å²) in [5, 5.41) is 3.05.